The van der Waals surface area contributed by atoms with Crippen LogP contribution in [0.15, 0.2) is 66.2 Å². The van der Waals surface area contributed by atoms with E-state index in [-0.39, 0.29) is 11.3 Å². The van der Waals surface area contributed by atoms with Gasteiger partial charge in [0.2, 0.25) is 0 Å². The number of aliphatic hydroxyl groups is 1. The highest BCUT2D eigenvalue weighted by Crippen LogP contribution is 2.43. The molecule has 1 fully saturated rings. The Morgan fingerprint density at radius 3 is 2.18 bits per heavy atom. The SMILES string of the molecule is Cc1nc(N2C(=O)C(=O)/C(=C(/O)c3ccccc3)C2c2ccccc2)sc1C. The molecule has 5 nitrogen and oxygen atoms in total. The quantitative estimate of drug-likeness (QED) is 0.409. The number of carbonyl (C=O) groups excluding carboxylic acids is 2. The topological polar surface area (TPSA) is 70.5 Å². The van der Waals surface area contributed by atoms with Crippen LogP contribution in [0.4, 0.5) is 5.13 Å². The molecule has 0 aliphatic carbocycles. The van der Waals surface area contributed by atoms with Crippen LogP contribution in [0.1, 0.15) is 27.7 Å². The van der Waals surface area contributed by atoms with Crippen LogP contribution in [0.25, 0.3) is 5.76 Å². The molecule has 1 N–H and O–H groups in total. The summed E-state index contributed by atoms with van der Waals surface area (Å²) < 4.78 is 0. The van der Waals surface area contributed by atoms with Crippen molar-refractivity contribution >= 4 is 33.9 Å². The van der Waals surface area contributed by atoms with Crippen LogP contribution >= 0.6 is 11.3 Å². The third-order valence-electron chi connectivity index (χ3n) is 4.83. The van der Waals surface area contributed by atoms with Gasteiger partial charge in [-0.1, -0.05) is 60.7 Å². The molecular formula is C22H18N2O3S. The van der Waals surface area contributed by atoms with Gasteiger partial charge in [-0.15, -0.1) is 11.3 Å². The zero-order chi connectivity index (χ0) is 19.8. The van der Waals surface area contributed by atoms with Crippen molar-refractivity contribution in [3.63, 3.8) is 0 Å². The number of aryl methyl sites for hydroxylation is 2. The molecule has 4 rings (SSSR count). The maximum atomic E-state index is 13.0. The third kappa shape index (κ3) is 2.92. The monoisotopic (exact) mass is 390 g/mol. The van der Waals surface area contributed by atoms with Crippen LogP contribution in [-0.4, -0.2) is 21.8 Å². The number of nitrogens with zero attached hydrogens (tertiary/aromatic N) is 2. The van der Waals surface area contributed by atoms with E-state index in [0.29, 0.717) is 10.7 Å². The van der Waals surface area contributed by atoms with E-state index in [1.807, 2.05) is 50.2 Å². The molecule has 0 bridgehead atoms. The van der Waals surface area contributed by atoms with Crippen molar-refractivity contribution in [1.82, 2.24) is 4.98 Å². The first kappa shape index (κ1) is 18.1. The van der Waals surface area contributed by atoms with Gasteiger partial charge in [0.15, 0.2) is 5.13 Å². The number of ketones is 1. The molecule has 3 aromatic rings. The zero-order valence-corrected chi connectivity index (χ0v) is 16.2. The Morgan fingerprint density at radius 2 is 1.61 bits per heavy atom. The Hall–Kier alpha value is -3.25. The predicted octanol–water partition coefficient (Wildman–Crippen LogP) is 4.39. The van der Waals surface area contributed by atoms with Crippen molar-refractivity contribution in [3.05, 3.63) is 87.9 Å². The summed E-state index contributed by atoms with van der Waals surface area (Å²) in [7, 11) is 0. The number of hydrogen-bond acceptors (Lipinski definition) is 5. The summed E-state index contributed by atoms with van der Waals surface area (Å²) in [4.78, 5) is 32.8. The van der Waals surface area contributed by atoms with Crippen molar-refractivity contribution in [1.29, 1.82) is 0 Å². The maximum Gasteiger partial charge on any atom is 0.301 e. The van der Waals surface area contributed by atoms with Gasteiger partial charge in [0.05, 0.1) is 17.3 Å². The van der Waals surface area contributed by atoms with E-state index in [0.717, 1.165) is 16.1 Å². The van der Waals surface area contributed by atoms with Gasteiger partial charge in [-0.2, -0.15) is 0 Å². The molecule has 1 saturated heterocycles. The minimum atomic E-state index is -0.730. The van der Waals surface area contributed by atoms with Gasteiger partial charge in [-0.3, -0.25) is 14.5 Å². The number of benzene rings is 2. The fourth-order valence-electron chi connectivity index (χ4n) is 3.29. The Kier molecular flexibility index (Phi) is 4.57. The van der Waals surface area contributed by atoms with E-state index in [1.54, 1.807) is 24.3 Å². The van der Waals surface area contributed by atoms with Gasteiger partial charge >= 0.3 is 5.91 Å². The van der Waals surface area contributed by atoms with Crippen LogP contribution in [0.3, 0.4) is 0 Å². The average molecular weight is 390 g/mol. The highest BCUT2D eigenvalue weighted by Gasteiger charge is 2.48. The van der Waals surface area contributed by atoms with E-state index in [9.17, 15) is 14.7 Å². The second-order valence-corrected chi connectivity index (χ2v) is 7.77. The lowest BCUT2D eigenvalue weighted by Crippen LogP contribution is -2.29. The Balaban J connectivity index is 1.95. The van der Waals surface area contributed by atoms with Gasteiger partial charge in [0.25, 0.3) is 5.78 Å². The highest BCUT2D eigenvalue weighted by molar-refractivity contribution is 7.16. The molecule has 1 atom stereocenters. The number of aliphatic hydroxyl groups excluding tert-OH is 1. The molecule has 2 heterocycles. The molecule has 1 amide bonds. The Morgan fingerprint density at radius 1 is 1.00 bits per heavy atom. The Bertz CT molecular complexity index is 1070. The standard InChI is InChI=1S/C22H18N2O3S/c1-13-14(2)28-22(23-13)24-18(15-9-5-3-6-10-15)17(20(26)21(24)27)19(25)16-11-7-4-8-12-16/h3-12,18,25H,1-2H3/b19-17+. The average Bonchev–Trinajstić information content (AvgIpc) is 3.19. The molecule has 1 aliphatic heterocycles. The van der Waals surface area contributed by atoms with Crippen LogP contribution < -0.4 is 4.90 Å². The second kappa shape index (κ2) is 7.05. The highest BCUT2D eigenvalue weighted by atomic mass is 32.1. The molecule has 1 aromatic heterocycles. The summed E-state index contributed by atoms with van der Waals surface area (Å²) in [5, 5.41) is 11.4. The van der Waals surface area contributed by atoms with E-state index >= 15 is 0 Å². The van der Waals surface area contributed by atoms with E-state index in [4.69, 9.17) is 0 Å². The fraction of sp³-hybridized carbons (Fsp3) is 0.136. The minimum absolute atomic E-state index is 0.0768. The normalized spacial score (nSPS) is 18.6. The number of rotatable bonds is 3. The summed E-state index contributed by atoms with van der Waals surface area (Å²) >= 11 is 1.36. The first-order chi connectivity index (χ1) is 13.5. The van der Waals surface area contributed by atoms with Crippen molar-refractivity contribution in [2.45, 2.75) is 19.9 Å². The molecule has 140 valence electrons. The van der Waals surface area contributed by atoms with E-state index in [2.05, 4.69) is 4.98 Å². The number of thiazole rings is 1. The van der Waals surface area contributed by atoms with Gasteiger partial charge in [-0.05, 0) is 19.4 Å². The van der Waals surface area contributed by atoms with E-state index < -0.39 is 17.7 Å². The van der Waals surface area contributed by atoms with Crippen molar-refractivity contribution in [2.24, 2.45) is 0 Å². The number of carbonyl (C=O) groups is 2. The first-order valence-corrected chi connectivity index (χ1v) is 9.66. The van der Waals surface area contributed by atoms with Crippen LogP contribution in [0.5, 0.6) is 0 Å². The lowest BCUT2D eigenvalue weighted by atomic mass is 9.95. The summed E-state index contributed by atoms with van der Waals surface area (Å²) in [6, 6.07) is 17.3. The number of amides is 1. The van der Waals surface area contributed by atoms with Gasteiger partial charge in [0.1, 0.15) is 5.76 Å². The summed E-state index contributed by atoms with van der Waals surface area (Å²) in [6.45, 7) is 3.79. The largest absolute Gasteiger partial charge is 0.507 e. The molecule has 0 radical (unpaired) electrons. The number of Topliss-reactive ketones (excluding diaryl/α,β-unsaturated/α-hetero) is 1. The molecule has 1 aliphatic rings. The van der Waals surface area contributed by atoms with Gasteiger partial charge in [-0.25, -0.2) is 4.98 Å². The van der Waals surface area contributed by atoms with Gasteiger partial charge in [0, 0.05) is 10.4 Å². The first-order valence-electron chi connectivity index (χ1n) is 8.84. The summed E-state index contributed by atoms with van der Waals surface area (Å²) in [5.41, 5.74) is 2.13. The summed E-state index contributed by atoms with van der Waals surface area (Å²) in [5.74, 6) is -1.57. The lowest BCUT2D eigenvalue weighted by molar-refractivity contribution is -0.132. The molecule has 0 saturated carbocycles. The summed E-state index contributed by atoms with van der Waals surface area (Å²) in [6.07, 6.45) is 0. The second-order valence-electron chi connectivity index (χ2n) is 6.58. The minimum Gasteiger partial charge on any atom is -0.507 e. The maximum absolute atomic E-state index is 13.0. The molecule has 0 spiro atoms. The smallest absolute Gasteiger partial charge is 0.301 e. The molecule has 6 heteroatoms. The third-order valence-corrected chi connectivity index (χ3v) is 5.90. The number of anilines is 1. The lowest BCUT2D eigenvalue weighted by Gasteiger charge is -2.22. The van der Waals surface area contributed by atoms with Crippen molar-refractivity contribution in [2.75, 3.05) is 4.90 Å². The van der Waals surface area contributed by atoms with Crippen molar-refractivity contribution < 1.29 is 14.7 Å². The number of aromatic nitrogens is 1. The van der Waals surface area contributed by atoms with Crippen LogP contribution in [0, 0.1) is 13.8 Å². The number of hydrogen-bond donors (Lipinski definition) is 1. The Labute approximate surface area is 166 Å². The van der Waals surface area contributed by atoms with Gasteiger partial charge < -0.3 is 5.11 Å². The molecule has 1 unspecified atom stereocenters. The predicted molar refractivity (Wildman–Crippen MR) is 109 cm³/mol. The van der Waals surface area contributed by atoms with Crippen LogP contribution in [0.2, 0.25) is 0 Å². The fourth-order valence-corrected chi connectivity index (χ4v) is 4.23. The molecule has 2 aromatic carbocycles. The van der Waals surface area contributed by atoms with Crippen molar-refractivity contribution in [3.8, 4) is 0 Å². The zero-order valence-electron chi connectivity index (χ0n) is 15.4. The van der Waals surface area contributed by atoms with Crippen LogP contribution in [-0.2, 0) is 9.59 Å². The van der Waals surface area contributed by atoms with E-state index in [1.165, 1.54) is 16.2 Å². The molecular weight excluding hydrogens is 372 g/mol. The molecule has 28 heavy (non-hydrogen) atoms.